The quantitative estimate of drug-likeness (QED) is 0.794. The van der Waals surface area contributed by atoms with Crippen LogP contribution in [0.2, 0.25) is 0 Å². The number of amides is 1. The standard InChI is InChI=1S/C18H35N3O.2ClH/c1-4-18(5-2,14-19)17(22)21-12-10-20(11-13-21)16-8-6-15(3)7-9-16;;/h15-16H,4-14,19H2,1-3H3;2*1H. The van der Waals surface area contributed by atoms with Crippen molar-refractivity contribution in [2.75, 3.05) is 32.7 Å². The van der Waals surface area contributed by atoms with Crippen LogP contribution in [-0.4, -0.2) is 54.5 Å². The molecular weight excluding hydrogens is 345 g/mol. The summed E-state index contributed by atoms with van der Waals surface area (Å²) in [6, 6.07) is 0.755. The first kappa shape index (κ1) is 24.0. The minimum absolute atomic E-state index is 0. The molecule has 1 saturated carbocycles. The van der Waals surface area contributed by atoms with Crippen molar-refractivity contribution in [2.24, 2.45) is 17.1 Å². The highest BCUT2D eigenvalue weighted by molar-refractivity contribution is 5.85. The maximum Gasteiger partial charge on any atom is 0.230 e. The maximum atomic E-state index is 12.9. The third-order valence-corrected chi connectivity index (χ3v) is 6.30. The molecular formula is C18H37Cl2N3O. The normalized spacial score (nSPS) is 25.6. The van der Waals surface area contributed by atoms with Crippen molar-refractivity contribution in [3.8, 4) is 0 Å². The molecule has 2 rings (SSSR count). The summed E-state index contributed by atoms with van der Waals surface area (Å²) in [5, 5.41) is 0. The van der Waals surface area contributed by atoms with Crippen molar-refractivity contribution in [3.63, 3.8) is 0 Å². The van der Waals surface area contributed by atoms with Crippen LogP contribution in [0.5, 0.6) is 0 Å². The molecule has 0 unspecified atom stereocenters. The van der Waals surface area contributed by atoms with Crippen LogP contribution in [-0.2, 0) is 4.79 Å². The van der Waals surface area contributed by atoms with E-state index in [4.69, 9.17) is 5.73 Å². The summed E-state index contributed by atoms with van der Waals surface area (Å²) in [6.45, 7) is 10.9. The Morgan fingerprint density at radius 3 is 1.92 bits per heavy atom. The van der Waals surface area contributed by atoms with Gasteiger partial charge in [-0.05, 0) is 44.4 Å². The first-order valence-corrected chi connectivity index (χ1v) is 9.29. The number of carbonyl (C=O) groups excluding carboxylic acids is 1. The molecule has 0 radical (unpaired) electrons. The van der Waals surface area contributed by atoms with Gasteiger partial charge in [0, 0.05) is 38.8 Å². The van der Waals surface area contributed by atoms with Gasteiger partial charge in [0.1, 0.15) is 0 Å². The molecule has 0 bridgehead atoms. The lowest BCUT2D eigenvalue weighted by molar-refractivity contribution is -0.144. The van der Waals surface area contributed by atoms with E-state index in [0.717, 1.165) is 51.0 Å². The summed E-state index contributed by atoms with van der Waals surface area (Å²) in [6.07, 6.45) is 7.11. The molecule has 1 saturated heterocycles. The number of hydrogen-bond donors (Lipinski definition) is 1. The average Bonchev–Trinajstić information content (AvgIpc) is 2.58. The fraction of sp³-hybridized carbons (Fsp3) is 0.944. The number of nitrogens with zero attached hydrogens (tertiary/aromatic N) is 2. The van der Waals surface area contributed by atoms with Crippen LogP contribution in [0.15, 0.2) is 0 Å². The number of halogens is 2. The molecule has 1 aliphatic heterocycles. The van der Waals surface area contributed by atoms with Crippen LogP contribution in [0.25, 0.3) is 0 Å². The first-order valence-electron chi connectivity index (χ1n) is 9.29. The Balaban J connectivity index is 0.00000264. The molecule has 24 heavy (non-hydrogen) atoms. The molecule has 2 fully saturated rings. The second-order valence-corrected chi connectivity index (χ2v) is 7.43. The summed E-state index contributed by atoms with van der Waals surface area (Å²) >= 11 is 0. The zero-order chi connectivity index (χ0) is 16.2. The van der Waals surface area contributed by atoms with Crippen molar-refractivity contribution in [1.82, 2.24) is 9.80 Å². The molecule has 0 aromatic heterocycles. The van der Waals surface area contributed by atoms with Crippen molar-refractivity contribution in [2.45, 2.75) is 65.3 Å². The highest BCUT2D eigenvalue weighted by Crippen LogP contribution is 2.30. The summed E-state index contributed by atoms with van der Waals surface area (Å²) in [5.74, 6) is 1.19. The molecule has 0 atom stereocenters. The molecule has 1 amide bonds. The van der Waals surface area contributed by atoms with Gasteiger partial charge in [-0.3, -0.25) is 9.69 Å². The predicted molar refractivity (Wildman–Crippen MR) is 106 cm³/mol. The largest absolute Gasteiger partial charge is 0.340 e. The predicted octanol–water partition coefficient (Wildman–Crippen LogP) is 3.32. The second-order valence-electron chi connectivity index (χ2n) is 7.43. The van der Waals surface area contributed by atoms with Crippen molar-refractivity contribution >= 4 is 30.7 Å². The molecule has 0 aromatic rings. The Labute approximate surface area is 160 Å². The summed E-state index contributed by atoms with van der Waals surface area (Å²) in [7, 11) is 0. The molecule has 1 aliphatic carbocycles. The third kappa shape index (κ3) is 5.23. The average molecular weight is 382 g/mol. The van der Waals surface area contributed by atoms with E-state index in [1.54, 1.807) is 0 Å². The lowest BCUT2D eigenvalue weighted by atomic mass is 9.80. The Bertz CT molecular complexity index is 353. The van der Waals surface area contributed by atoms with Gasteiger partial charge in [0.15, 0.2) is 0 Å². The molecule has 2 aliphatic rings. The van der Waals surface area contributed by atoms with E-state index < -0.39 is 0 Å². The highest BCUT2D eigenvalue weighted by atomic mass is 35.5. The minimum Gasteiger partial charge on any atom is -0.340 e. The second kappa shape index (κ2) is 10.8. The first-order chi connectivity index (χ1) is 10.6. The molecule has 4 nitrogen and oxygen atoms in total. The Kier molecular flexibility index (Phi) is 10.8. The molecule has 1 heterocycles. The van der Waals surface area contributed by atoms with E-state index in [2.05, 4.69) is 30.6 Å². The van der Waals surface area contributed by atoms with E-state index in [1.807, 2.05) is 0 Å². The van der Waals surface area contributed by atoms with Gasteiger partial charge in [-0.2, -0.15) is 0 Å². The Morgan fingerprint density at radius 1 is 1.00 bits per heavy atom. The van der Waals surface area contributed by atoms with Gasteiger partial charge in [-0.1, -0.05) is 20.8 Å². The van der Waals surface area contributed by atoms with Crippen LogP contribution >= 0.6 is 24.8 Å². The van der Waals surface area contributed by atoms with Crippen LogP contribution in [0.1, 0.15) is 59.3 Å². The van der Waals surface area contributed by atoms with Gasteiger partial charge < -0.3 is 10.6 Å². The van der Waals surface area contributed by atoms with Gasteiger partial charge in [0.05, 0.1) is 5.41 Å². The van der Waals surface area contributed by atoms with E-state index in [1.165, 1.54) is 25.7 Å². The van der Waals surface area contributed by atoms with Crippen LogP contribution in [0, 0.1) is 11.3 Å². The highest BCUT2D eigenvalue weighted by Gasteiger charge is 2.38. The van der Waals surface area contributed by atoms with E-state index >= 15 is 0 Å². The Hall–Kier alpha value is -0.0300. The SMILES string of the molecule is CCC(CC)(CN)C(=O)N1CCN(C2CCC(C)CC2)CC1.Cl.Cl. The number of nitrogens with two attached hydrogens (primary N) is 1. The van der Waals surface area contributed by atoms with Crippen molar-refractivity contribution in [1.29, 1.82) is 0 Å². The molecule has 6 heteroatoms. The van der Waals surface area contributed by atoms with Gasteiger partial charge in [-0.15, -0.1) is 24.8 Å². The smallest absolute Gasteiger partial charge is 0.230 e. The molecule has 0 spiro atoms. The third-order valence-electron chi connectivity index (χ3n) is 6.30. The van der Waals surface area contributed by atoms with Gasteiger partial charge >= 0.3 is 0 Å². The Morgan fingerprint density at radius 2 is 1.50 bits per heavy atom. The molecule has 144 valence electrons. The monoisotopic (exact) mass is 381 g/mol. The minimum atomic E-state index is -0.331. The van der Waals surface area contributed by atoms with Crippen LogP contribution in [0.4, 0.5) is 0 Å². The van der Waals surface area contributed by atoms with Crippen molar-refractivity contribution in [3.05, 3.63) is 0 Å². The molecule has 2 N–H and O–H groups in total. The van der Waals surface area contributed by atoms with E-state index in [-0.39, 0.29) is 36.1 Å². The lowest BCUT2D eigenvalue weighted by Crippen LogP contribution is -2.56. The van der Waals surface area contributed by atoms with Crippen LogP contribution < -0.4 is 5.73 Å². The number of piperazine rings is 1. The van der Waals surface area contributed by atoms with E-state index in [9.17, 15) is 4.79 Å². The van der Waals surface area contributed by atoms with Crippen molar-refractivity contribution < 1.29 is 4.79 Å². The summed E-state index contributed by atoms with van der Waals surface area (Å²) in [4.78, 5) is 17.6. The summed E-state index contributed by atoms with van der Waals surface area (Å²) < 4.78 is 0. The van der Waals surface area contributed by atoms with Gasteiger partial charge in [0.2, 0.25) is 5.91 Å². The van der Waals surface area contributed by atoms with E-state index in [0.29, 0.717) is 6.54 Å². The van der Waals surface area contributed by atoms with Gasteiger partial charge in [0.25, 0.3) is 0 Å². The number of carbonyl (C=O) groups is 1. The zero-order valence-electron chi connectivity index (χ0n) is 15.6. The number of hydrogen-bond acceptors (Lipinski definition) is 3. The van der Waals surface area contributed by atoms with Gasteiger partial charge in [-0.25, -0.2) is 0 Å². The fourth-order valence-electron chi connectivity index (χ4n) is 4.16. The van der Waals surface area contributed by atoms with Crippen LogP contribution in [0.3, 0.4) is 0 Å². The summed E-state index contributed by atoms with van der Waals surface area (Å²) in [5.41, 5.74) is 5.60. The fourth-order valence-corrected chi connectivity index (χ4v) is 4.16. The number of rotatable bonds is 5. The molecule has 0 aromatic carbocycles. The lowest BCUT2D eigenvalue weighted by Gasteiger charge is -2.44. The zero-order valence-corrected chi connectivity index (χ0v) is 17.3. The maximum absolute atomic E-state index is 12.9. The topological polar surface area (TPSA) is 49.6 Å².